The maximum absolute atomic E-state index is 10.8. The molecule has 3 nitrogen and oxygen atoms in total. The quantitative estimate of drug-likeness (QED) is 0.300. The molecule has 0 saturated carbocycles. The van der Waals surface area contributed by atoms with Crippen LogP contribution in [0.1, 0.15) is 11.1 Å². The van der Waals surface area contributed by atoms with Gasteiger partial charge in [-0.2, -0.15) is 0 Å². The van der Waals surface area contributed by atoms with Crippen LogP contribution >= 0.6 is 22.9 Å². The highest BCUT2D eigenvalue weighted by Crippen LogP contribution is 2.42. The summed E-state index contributed by atoms with van der Waals surface area (Å²) in [4.78, 5) is 11.9. The van der Waals surface area contributed by atoms with Gasteiger partial charge in [-0.3, -0.25) is 0 Å². The summed E-state index contributed by atoms with van der Waals surface area (Å²) in [5.41, 5.74) is 4.87. The average Bonchev–Trinajstić information content (AvgIpc) is 3.27. The zero-order valence-corrected chi connectivity index (χ0v) is 18.1. The lowest BCUT2D eigenvalue weighted by Crippen LogP contribution is -1.97. The summed E-state index contributed by atoms with van der Waals surface area (Å²) in [5.74, 6) is -0.212. The van der Waals surface area contributed by atoms with Gasteiger partial charge in [-0.25, -0.2) is 4.79 Å². The van der Waals surface area contributed by atoms with E-state index >= 15 is 0 Å². The Morgan fingerprint density at radius 1 is 0.968 bits per heavy atom. The SMILES string of the molecule is O=C(O)/C=C\c1cccc(-c2sccc2-c2cc(Cl)ccc2OCc2ccccc2)c1. The van der Waals surface area contributed by atoms with Gasteiger partial charge in [0.15, 0.2) is 0 Å². The number of halogens is 1. The van der Waals surface area contributed by atoms with Crippen molar-refractivity contribution in [2.24, 2.45) is 0 Å². The minimum absolute atomic E-state index is 0.463. The van der Waals surface area contributed by atoms with Crippen molar-refractivity contribution in [2.45, 2.75) is 6.61 Å². The molecular formula is C26H19ClO3S. The zero-order chi connectivity index (χ0) is 21.6. The summed E-state index contributed by atoms with van der Waals surface area (Å²) in [6.07, 6.45) is 2.73. The van der Waals surface area contributed by atoms with Crippen molar-refractivity contribution in [1.82, 2.24) is 0 Å². The fourth-order valence-corrected chi connectivity index (χ4v) is 4.35. The van der Waals surface area contributed by atoms with Crippen molar-refractivity contribution in [3.8, 4) is 27.3 Å². The lowest BCUT2D eigenvalue weighted by atomic mass is 10.0. The predicted octanol–water partition coefficient (Wildman–Crippen LogP) is 7.41. The summed E-state index contributed by atoms with van der Waals surface area (Å²) in [6.45, 7) is 0.463. The van der Waals surface area contributed by atoms with E-state index in [9.17, 15) is 4.79 Å². The highest BCUT2D eigenvalue weighted by atomic mass is 35.5. The maximum atomic E-state index is 10.8. The number of rotatable bonds is 7. The second kappa shape index (κ2) is 9.65. The second-order valence-corrected chi connectivity index (χ2v) is 8.23. The fraction of sp³-hybridized carbons (Fsp3) is 0.0385. The molecule has 31 heavy (non-hydrogen) atoms. The van der Waals surface area contributed by atoms with Crippen LogP contribution < -0.4 is 4.74 Å². The lowest BCUT2D eigenvalue weighted by molar-refractivity contribution is -0.131. The zero-order valence-electron chi connectivity index (χ0n) is 16.5. The van der Waals surface area contributed by atoms with Gasteiger partial charge in [0.2, 0.25) is 0 Å². The van der Waals surface area contributed by atoms with Crippen LogP contribution in [0.15, 0.2) is 90.3 Å². The van der Waals surface area contributed by atoms with Gasteiger partial charge in [-0.1, -0.05) is 60.1 Å². The molecule has 0 amide bonds. The molecule has 0 fully saturated rings. The van der Waals surface area contributed by atoms with Crippen LogP contribution in [0.25, 0.3) is 27.6 Å². The molecule has 0 radical (unpaired) electrons. The number of ether oxygens (including phenoxy) is 1. The Morgan fingerprint density at radius 3 is 2.61 bits per heavy atom. The monoisotopic (exact) mass is 446 g/mol. The van der Waals surface area contributed by atoms with Crippen LogP contribution in [0.4, 0.5) is 0 Å². The minimum Gasteiger partial charge on any atom is -0.488 e. The van der Waals surface area contributed by atoms with Crippen molar-refractivity contribution in [1.29, 1.82) is 0 Å². The van der Waals surface area contributed by atoms with Gasteiger partial charge in [-0.15, -0.1) is 11.3 Å². The molecule has 0 saturated heterocycles. The number of benzene rings is 3. The number of hydrogen-bond donors (Lipinski definition) is 1. The van der Waals surface area contributed by atoms with Gasteiger partial charge in [0.05, 0.1) is 0 Å². The molecule has 4 rings (SSSR count). The summed E-state index contributed by atoms with van der Waals surface area (Å²) >= 11 is 7.95. The number of aliphatic carboxylic acids is 1. The molecule has 3 aromatic carbocycles. The van der Waals surface area contributed by atoms with E-state index in [2.05, 4.69) is 6.07 Å². The predicted molar refractivity (Wildman–Crippen MR) is 128 cm³/mol. The molecule has 154 valence electrons. The Hall–Kier alpha value is -3.34. The third-order valence-electron chi connectivity index (χ3n) is 4.70. The van der Waals surface area contributed by atoms with E-state index in [0.29, 0.717) is 11.6 Å². The molecule has 0 bridgehead atoms. The lowest BCUT2D eigenvalue weighted by Gasteiger charge is -2.13. The van der Waals surface area contributed by atoms with Gasteiger partial charge >= 0.3 is 5.97 Å². The number of carboxylic acid groups (broad SMARTS) is 1. The van der Waals surface area contributed by atoms with E-state index in [4.69, 9.17) is 21.4 Å². The molecule has 0 aliphatic rings. The van der Waals surface area contributed by atoms with Crippen LogP contribution in [0.2, 0.25) is 5.02 Å². The molecule has 4 aromatic rings. The molecule has 1 heterocycles. The standard InChI is InChI=1S/C26H19ClO3S/c27-21-10-11-24(30-17-19-5-2-1-3-6-19)23(16-21)22-13-14-31-26(22)20-8-4-7-18(15-20)9-12-25(28)29/h1-16H,17H2,(H,28,29)/b12-9-. The van der Waals surface area contributed by atoms with Crippen molar-refractivity contribution >= 4 is 35.0 Å². The summed E-state index contributed by atoms with van der Waals surface area (Å²) in [5, 5.41) is 11.6. The van der Waals surface area contributed by atoms with Crippen molar-refractivity contribution in [2.75, 3.05) is 0 Å². The topological polar surface area (TPSA) is 46.5 Å². The van der Waals surface area contributed by atoms with Crippen LogP contribution in [0.3, 0.4) is 0 Å². The number of thiophene rings is 1. The van der Waals surface area contributed by atoms with E-state index in [-0.39, 0.29) is 0 Å². The van der Waals surface area contributed by atoms with Crippen molar-refractivity contribution in [3.63, 3.8) is 0 Å². The Kier molecular flexibility index (Phi) is 6.51. The van der Waals surface area contributed by atoms with E-state index in [1.54, 1.807) is 17.4 Å². The van der Waals surface area contributed by atoms with Crippen molar-refractivity contribution < 1.29 is 14.6 Å². The molecule has 0 spiro atoms. The first-order valence-corrected chi connectivity index (χ1v) is 10.9. The summed E-state index contributed by atoms with van der Waals surface area (Å²) < 4.78 is 6.15. The molecule has 0 aliphatic heterocycles. The molecule has 0 aliphatic carbocycles. The van der Waals surface area contributed by atoms with Crippen LogP contribution in [-0.4, -0.2) is 11.1 Å². The van der Waals surface area contributed by atoms with E-state index in [0.717, 1.165) is 44.5 Å². The Labute approximate surface area is 189 Å². The normalized spacial score (nSPS) is 11.0. The first-order chi connectivity index (χ1) is 15.1. The summed E-state index contributed by atoms with van der Waals surface area (Å²) in [7, 11) is 0. The van der Waals surface area contributed by atoms with E-state index in [1.807, 2.05) is 78.2 Å². The van der Waals surface area contributed by atoms with E-state index in [1.165, 1.54) is 0 Å². The summed E-state index contributed by atoms with van der Waals surface area (Å²) in [6, 6.07) is 25.5. The van der Waals surface area contributed by atoms with Crippen LogP contribution in [-0.2, 0) is 11.4 Å². The second-order valence-electron chi connectivity index (χ2n) is 6.88. The molecule has 0 unspecified atom stereocenters. The largest absolute Gasteiger partial charge is 0.488 e. The van der Waals surface area contributed by atoms with Crippen molar-refractivity contribution in [3.05, 3.63) is 106 Å². The average molecular weight is 447 g/mol. The Morgan fingerprint density at radius 2 is 1.81 bits per heavy atom. The number of carboxylic acids is 1. The fourth-order valence-electron chi connectivity index (χ4n) is 3.27. The van der Waals surface area contributed by atoms with Gasteiger partial charge in [-0.05, 0) is 58.5 Å². The van der Waals surface area contributed by atoms with Crippen LogP contribution in [0.5, 0.6) is 5.75 Å². The molecule has 5 heteroatoms. The van der Waals surface area contributed by atoms with Crippen LogP contribution in [0, 0.1) is 0 Å². The Balaban J connectivity index is 1.69. The van der Waals surface area contributed by atoms with Gasteiger partial charge < -0.3 is 9.84 Å². The van der Waals surface area contributed by atoms with E-state index < -0.39 is 5.97 Å². The number of hydrogen-bond acceptors (Lipinski definition) is 3. The smallest absolute Gasteiger partial charge is 0.328 e. The molecule has 1 N–H and O–H groups in total. The van der Waals surface area contributed by atoms with Gasteiger partial charge in [0.1, 0.15) is 12.4 Å². The molecular weight excluding hydrogens is 428 g/mol. The van der Waals surface area contributed by atoms with Gasteiger partial charge in [0, 0.05) is 27.1 Å². The minimum atomic E-state index is -0.971. The maximum Gasteiger partial charge on any atom is 0.328 e. The molecule has 1 aromatic heterocycles. The first-order valence-electron chi connectivity index (χ1n) is 9.66. The third-order valence-corrected chi connectivity index (χ3v) is 5.90. The highest BCUT2D eigenvalue weighted by Gasteiger charge is 2.15. The van der Waals surface area contributed by atoms with Gasteiger partial charge in [0.25, 0.3) is 0 Å². The first kappa shape index (κ1) is 20.9. The third kappa shape index (κ3) is 5.23. The molecule has 0 atom stereocenters. The highest BCUT2D eigenvalue weighted by molar-refractivity contribution is 7.14. The Bertz CT molecular complexity index is 1230. The number of carbonyl (C=O) groups is 1.